The second-order valence-corrected chi connectivity index (χ2v) is 4.68. The number of methoxy groups -OCH3 is 1. The number of carbonyl (C=O) groups is 1. The molecule has 1 aliphatic rings. The second-order valence-electron chi connectivity index (χ2n) is 4.68. The average Bonchev–Trinajstić information content (AvgIpc) is 2.82. The normalized spacial score (nSPS) is 22.1. The van der Waals surface area contributed by atoms with Gasteiger partial charge in [0.15, 0.2) is 0 Å². The largest absolute Gasteiger partial charge is 0.480 e. The van der Waals surface area contributed by atoms with Crippen molar-refractivity contribution in [3.8, 4) is 5.88 Å². The maximum Gasteiger partial charge on any atom is 0.326 e. The highest BCUT2D eigenvalue weighted by molar-refractivity contribution is 5.78. The summed E-state index contributed by atoms with van der Waals surface area (Å²) in [5.41, 5.74) is 0.739. The molecule has 0 amide bonds. The van der Waals surface area contributed by atoms with Crippen molar-refractivity contribution in [1.82, 2.24) is 9.97 Å². The van der Waals surface area contributed by atoms with Crippen molar-refractivity contribution in [1.29, 1.82) is 0 Å². The van der Waals surface area contributed by atoms with Gasteiger partial charge in [-0.1, -0.05) is 0 Å². The van der Waals surface area contributed by atoms with Crippen LogP contribution in [-0.4, -0.2) is 53.5 Å². The lowest BCUT2D eigenvalue weighted by molar-refractivity contribution is -0.138. The van der Waals surface area contributed by atoms with E-state index in [1.165, 1.54) is 0 Å². The van der Waals surface area contributed by atoms with E-state index in [9.17, 15) is 9.90 Å². The summed E-state index contributed by atoms with van der Waals surface area (Å²) in [6.07, 6.45) is 0.295. The van der Waals surface area contributed by atoms with Crippen molar-refractivity contribution < 1.29 is 19.4 Å². The zero-order valence-electron chi connectivity index (χ0n) is 11.9. The SMILES string of the molecule is CCOc1cc(C)nc(N2CC(OC)CC2C(=O)O)n1. The number of carboxylic acid groups (broad SMARTS) is 1. The molecule has 1 aromatic rings. The van der Waals surface area contributed by atoms with Crippen molar-refractivity contribution in [3.63, 3.8) is 0 Å². The number of hydrogen-bond donors (Lipinski definition) is 1. The van der Waals surface area contributed by atoms with Gasteiger partial charge >= 0.3 is 5.97 Å². The highest BCUT2D eigenvalue weighted by Gasteiger charge is 2.38. The molecule has 1 N–H and O–H groups in total. The molecule has 0 radical (unpaired) electrons. The summed E-state index contributed by atoms with van der Waals surface area (Å²) in [4.78, 5) is 21.6. The zero-order chi connectivity index (χ0) is 14.7. The van der Waals surface area contributed by atoms with Gasteiger partial charge in [0.25, 0.3) is 0 Å². The van der Waals surface area contributed by atoms with Crippen molar-refractivity contribution in [3.05, 3.63) is 11.8 Å². The van der Waals surface area contributed by atoms with Crippen molar-refractivity contribution in [2.45, 2.75) is 32.4 Å². The summed E-state index contributed by atoms with van der Waals surface area (Å²) in [5.74, 6) is -0.0620. The van der Waals surface area contributed by atoms with Gasteiger partial charge in [-0.2, -0.15) is 4.98 Å². The first kappa shape index (κ1) is 14.5. The molecule has 2 unspecified atom stereocenters. The molecule has 0 aliphatic carbocycles. The third-order valence-electron chi connectivity index (χ3n) is 3.25. The predicted molar refractivity (Wildman–Crippen MR) is 72.1 cm³/mol. The minimum atomic E-state index is -0.896. The summed E-state index contributed by atoms with van der Waals surface area (Å²) in [5, 5.41) is 9.32. The van der Waals surface area contributed by atoms with Crippen LogP contribution in [0.3, 0.4) is 0 Å². The maximum atomic E-state index is 11.4. The molecule has 0 bridgehead atoms. The summed E-state index contributed by atoms with van der Waals surface area (Å²) in [6.45, 7) is 4.66. The van der Waals surface area contributed by atoms with E-state index in [0.717, 1.165) is 5.69 Å². The van der Waals surface area contributed by atoms with Gasteiger partial charge in [0.2, 0.25) is 11.8 Å². The zero-order valence-corrected chi connectivity index (χ0v) is 11.9. The molecular formula is C13H19N3O4. The molecule has 2 atom stereocenters. The van der Waals surface area contributed by atoms with E-state index in [1.54, 1.807) is 18.1 Å². The van der Waals surface area contributed by atoms with Crippen LogP contribution < -0.4 is 9.64 Å². The average molecular weight is 281 g/mol. The van der Waals surface area contributed by atoms with Crippen molar-refractivity contribution in [2.75, 3.05) is 25.2 Å². The Balaban J connectivity index is 2.30. The number of aromatic nitrogens is 2. The Bertz CT molecular complexity index is 495. The van der Waals surface area contributed by atoms with Crippen molar-refractivity contribution in [2.24, 2.45) is 0 Å². The first-order valence-corrected chi connectivity index (χ1v) is 6.55. The van der Waals surface area contributed by atoms with Gasteiger partial charge in [0.1, 0.15) is 6.04 Å². The molecule has 2 heterocycles. The molecule has 0 aromatic carbocycles. The number of rotatable bonds is 5. The first-order valence-electron chi connectivity index (χ1n) is 6.55. The molecule has 0 saturated carbocycles. The predicted octanol–water partition coefficient (Wildman–Crippen LogP) is 0.862. The Morgan fingerprint density at radius 2 is 2.30 bits per heavy atom. The third-order valence-corrected chi connectivity index (χ3v) is 3.25. The highest BCUT2D eigenvalue weighted by Crippen LogP contribution is 2.26. The van der Waals surface area contributed by atoms with E-state index in [2.05, 4.69) is 9.97 Å². The summed E-state index contributed by atoms with van der Waals surface area (Å²) >= 11 is 0. The van der Waals surface area contributed by atoms with E-state index >= 15 is 0 Å². The van der Waals surface area contributed by atoms with E-state index < -0.39 is 12.0 Å². The number of aryl methyl sites for hydroxylation is 1. The molecule has 7 heteroatoms. The van der Waals surface area contributed by atoms with Crippen LogP contribution >= 0.6 is 0 Å². The van der Waals surface area contributed by atoms with Gasteiger partial charge in [-0.3, -0.25) is 0 Å². The Hall–Kier alpha value is -1.89. The van der Waals surface area contributed by atoms with Crippen LogP contribution in [0.1, 0.15) is 19.0 Å². The molecule has 2 rings (SSSR count). The van der Waals surface area contributed by atoms with E-state index in [0.29, 0.717) is 31.4 Å². The fraction of sp³-hybridized carbons (Fsp3) is 0.615. The number of hydrogen-bond acceptors (Lipinski definition) is 6. The highest BCUT2D eigenvalue weighted by atomic mass is 16.5. The van der Waals surface area contributed by atoms with Crippen LogP contribution in [0.15, 0.2) is 6.07 Å². The summed E-state index contributed by atoms with van der Waals surface area (Å²) in [7, 11) is 1.58. The minimum absolute atomic E-state index is 0.129. The van der Waals surface area contributed by atoms with E-state index in [4.69, 9.17) is 9.47 Å². The molecule has 110 valence electrons. The number of aliphatic carboxylic acids is 1. The van der Waals surface area contributed by atoms with Crippen LogP contribution in [0.25, 0.3) is 0 Å². The quantitative estimate of drug-likeness (QED) is 0.856. The van der Waals surface area contributed by atoms with Crippen LogP contribution in [-0.2, 0) is 9.53 Å². The lowest BCUT2D eigenvalue weighted by Gasteiger charge is -2.21. The van der Waals surface area contributed by atoms with Crippen molar-refractivity contribution >= 4 is 11.9 Å². The van der Waals surface area contributed by atoms with E-state index in [-0.39, 0.29) is 6.10 Å². The van der Waals surface area contributed by atoms with Gasteiger partial charge in [0.05, 0.1) is 12.7 Å². The van der Waals surface area contributed by atoms with Crippen LogP contribution in [0.4, 0.5) is 5.95 Å². The fourth-order valence-electron chi connectivity index (χ4n) is 2.30. The van der Waals surface area contributed by atoms with Gasteiger partial charge < -0.3 is 19.5 Å². The molecule has 1 fully saturated rings. The topological polar surface area (TPSA) is 84.8 Å². The Kier molecular flexibility index (Phi) is 4.39. The second kappa shape index (κ2) is 6.04. The third kappa shape index (κ3) is 2.98. The van der Waals surface area contributed by atoms with Crippen LogP contribution in [0.5, 0.6) is 5.88 Å². The van der Waals surface area contributed by atoms with Crippen LogP contribution in [0.2, 0.25) is 0 Å². The van der Waals surface area contributed by atoms with Gasteiger partial charge in [-0.25, -0.2) is 9.78 Å². The molecule has 7 nitrogen and oxygen atoms in total. The minimum Gasteiger partial charge on any atom is -0.480 e. The molecular weight excluding hydrogens is 262 g/mol. The standard InChI is InChI=1S/C13H19N3O4/c1-4-20-11-5-8(2)14-13(15-11)16-7-9(19-3)6-10(16)12(17)18/h5,9-10H,4,6-7H2,1-3H3,(H,17,18). The fourth-order valence-corrected chi connectivity index (χ4v) is 2.30. The molecule has 1 aliphatic heterocycles. The maximum absolute atomic E-state index is 11.4. The van der Waals surface area contributed by atoms with E-state index in [1.807, 2.05) is 13.8 Å². The molecule has 1 saturated heterocycles. The van der Waals surface area contributed by atoms with Gasteiger partial charge in [0, 0.05) is 31.8 Å². The lowest BCUT2D eigenvalue weighted by Crippen LogP contribution is -2.37. The smallest absolute Gasteiger partial charge is 0.326 e. The number of ether oxygens (including phenoxy) is 2. The van der Waals surface area contributed by atoms with Gasteiger partial charge in [-0.05, 0) is 13.8 Å². The monoisotopic (exact) mass is 281 g/mol. The van der Waals surface area contributed by atoms with Gasteiger partial charge in [-0.15, -0.1) is 0 Å². The van der Waals surface area contributed by atoms with Crippen LogP contribution in [0, 0.1) is 6.92 Å². The number of carboxylic acids is 1. The molecule has 20 heavy (non-hydrogen) atoms. The first-order chi connectivity index (χ1) is 9.55. The summed E-state index contributed by atoms with van der Waals surface area (Å²) < 4.78 is 10.6. The number of nitrogens with zero attached hydrogens (tertiary/aromatic N) is 3. The molecule has 1 aromatic heterocycles. The Morgan fingerprint density at radius 1 is 1.55 bits per heavy atom. The Labute approximate surface area is 117 Å². The molecule has 0 spiro atoms. The number of anilines is 1. The lowest BCUT2D eigenvalue weighted by atomic mass is 10.2. The Morgan fingerprint density at radius 3 is 2.90 bits per heavy atom. The summed E-state index contributed by atoms with van der Waals surface area (Å²) in [6, 6.07) is 1.06.